The lowest BCUT2D eigenvalue weighted by molar-refractivity contribution is -0.124. The maximum atomic E-state index is 12.8. The predicted molar refractivity (Wildman–Crippen MR) is 98.7 cm³/mol. The van der Waals surface area contributed by atoms with E-state index in [4.69, 9.17) is 0 Å². The van der Waals surface area contributed by atoms with Gasteiger partial charge < -0.3 is 10.3 Å². The molecule has 0 saturated carbocycles. The molecule has 0 saturated heterocycles. The topological polar surface area (TPSA) is 84.0 Å². The molecule has 1 heterocycles. The molecule has 6 nitrogen and oxygen atoms in total. The highest BCUT2D eigenvalue weighted by Gasteiger charge is 2.24. The van der Waals surface area contributed by atoms with Gasteiger partial charge in [-0.1, -0.05) is 26.0 Å². The van der Waals surface area contributed by atoms with Crippen LogP contribution in [-0.4, -0.2) is 34.0 Å². The van der Waals surface area contributed by atoms with Crippen LogP contribution in [0.15, 0.2) is 33.9 Å². The molecule has 1 aromatic carbocycles. The van der Waals surface area contributed by atoms with Gasteiger partial charge in [-0.25, -0.2) is 9.36 Å². The second-order valence-corrected chi connectivity index (χ2v) is 7.07. The molecule has 24 heavy (non-hydrogen) atoms. The number of carbonyl (C=O) groups excluding carboxylic acids is 1. The SMILES string of the molecule is CSCCC(C(=O)NCC(C)C)n1c(=O)[nH]c2ccccc2c1=O. The summed E-state index contributed by atoms with van der Waals surface area (Å²) in [5.74, 6) is 0.681. The Bertz CT molecular complexity index is 826. The molecule has 1 aromatic heterocycles. The van der Waals surface area contributed by atoms with E-state index in [-0.39, 0.29) is 5.91 Å². The highest BCUT2D eigenvalue weighted by molar-refractivity contribution is 7.98. The van der Waals surface area contributed by atoms with Gasteiger partial charge in [0.25, 0.3) is 5.56 Å². The molecule has 1 atom stereocenters. The number of nitrogens with one attached hydrogen (secondary N) is 2. The summed E-state index contributed by atoms with van der Waals surface area (Å²) in [6.45, 7) is 4.49. The van der Waals surface area contributed by atoms with Crippen molar-refractivity contribution in [2.75, 3.05) is 18.6 Å². The van der Waals surface area contributed by atoms with Crippen molar-refractivity contribution in [3.8, 4) is 0 Å². The quantitative estimate of drug-likeness (QED) is 0.798. The Morgan fingerprint density at radius 3 is 2.67 bits per heavy atom. The number of para-hydroxylation sites is 1. The van der Waals surface area contributed by atoms with Gasteiger partial charge in [-0.3, -0.25) is 9.59 Å². The molecule has 1 unspecified atom stereocenters. The molecule has 2 N–H and O–H groups in total. The lowest BCUT2D eigenvalue weighted by Gasteiger charge is -2.19. The van der Waals surface area contributed by atoms with Crippen LogP contribution in [-0.2, 0) is 4.79 Å². The predicted octanol–water partition coefficient (Wildman–Crippen LogP) is 1.76. The lowest BCUT2D eigenvalue weighted by atomic mass is 10.1. The summed E-state index contributed by atoms with van der Waals surface area (Å²) >= 11 is 1.57. The number of thioether (sulfide) groups is 1. The molecule has 0 fully saturated rings. The van der Waals surface area contributed by atoms with E-state index in [0.717, 1.165) is 4.57 Å². The number of aromatic nitrogens is 2. The summed E-state index contributed by atoms with van der Waals surface area (Å²) in [5, 5.41) is 3.24. The number of fused-ring (bicyclic) bond motifs is 1. The number of benzene rings is 1. The van der Waals surface area contributed by atoms with Crippen molar-refractivity contribution in [1.82, 2.24) is 14.9 Å². The van der Waals surface area contributed by atoms with Crippen molar-refractivity contribution in [2.24, 2.45) is 5.92 Å². The Balaban J connectivity index is 2.49. The molecular weight excluding hydrogens is 326 g/mol. The molecule has 0 bridgehead atoms. The fraction of sp³-hybridized carbons (Fsp3) is 0.471. The molecule has 1 amide bonds. The third-order valence-electron chi connectivity index (χ3n) is 3.73. The minimum atomic E-state index is -0.808. The molecule has 2 aromatic rings. The summed E-state index contributed by atoms with van der Waals surface area (Å²) in [5.41, 5.74) is -0.500. The summed E-state index contributed by atoms with van der Waals surface area (Å²) in [6.07, 6.45) is 2.35. The number of hydrogen-bond acceptors (Lipinski definition) is 4. The van der Waals surface area contributed by atoms with Crippen molar-refractivity contribution in [2.45, 2.75) is 26.3 Å². The second-order valence-electron chi connectivity index (χ2n) is 6.09. The first kappa shape index (κ1) is 18.3. The van der Waals surface area contributed by atoms with E-state index in [1.165, 1.54) is 0 Å². The minimum absolute atomic E-state index is 0.291. The Labute approximate surface area is 144 Å². The number of rotatable bonds is 7. The molecule has 7 heteroatoms. The number of amides is 1. The van der Waals surface area contributed by atoms with Crippen molar-refractivity contribution in [3.05, 3.63) is 45.1 Å². The normalized spacial score (nSPS) is 12.5. The average Bonchev–Trinajstić information content (AvgIpc) is 2.55. The molecule has 0 spiro atoms. The second kappa shape index (κ2) is 8.19. The van der Waals surface area contributed by atoms with E-state index in [1.54, 1.807) is 36.0 Å². The van der Waals surface area contributed by atoms with E-state index in [9.17, 15) is 14.4 Å². The summed E-state index contributed by atoms with van der Waals surface area (Å²) in [7, 11) is 0. The van der Waals surface area contributed by atoms with Gasteiger partial charge in [0.05, 0.1) is 10.9 Å². The Hall–Kier alpha value is -2.02. The molecule has 2 rings (SSSR count). The molecule has 0 aliphatic heterocycles. The molecule has 0 aliphatic carbocycles. The van der Waals surface area contributed by atoms with Gasteiger partial charge in [-0.15, -0.1) is 0 Å². The smallest absolute Gasteiger partial charge is 0.329 e. The van der Waals surface area contributed by atoms with Crippen molar-refractivity contribution in [1.29, 1.82) is 0 Å². The van der Waals surface area contributed by atoms with Crippen molar-refractivity contribution >= 4 is 28.6 Å². The van der Waals surface area contributed by atoms with E-state index >= 15 is 0 Å². The molecular formula is C17H23N3O3S. The van der Waals surface area contributed by atoms with E-state index in [1.807, 2.05) is 20.1 Å². The minimum Gasteiger partial charge on any atom is -0.354 e. The zero-order valence-corrected chi connectivity index (χ0v) is 15.0. The Morgan fingerprint density at radius 2 is 2.00 bits per heavy atom. The summed E-state index contributed by atoms with van der Waals surface area (Å²) < 4.78 is 1.05. The summed E-state index contributed by atoms with van der Waals surface area (Å²) in [6, 6.07) is 6.02. The van der Waals surface area contributed by atoms with Crippen LogP contribution < -0.4 is 16.6 Å². The number of hydrogen-bond donors (Lipinski definition) is 2. The van der Waals surface area contributed by atoms with Gasteiger partial charge in [0.1, 0.15) is 6.04 Å². The van der Waals surface area contributed by atoms with Gasteiger partial charge >= 0.3 is 5.69 Å². The third-order valence-corrected chi connectivity index (χ3v) is 4.37. The van der Waals surface area contributed by atoms with Crippen LogP contribution in [0.3, 0.4) is 0 Å². The molecule has 0 radical (unpaired) electrons. The first-order valence-electron chi connectivity index (χ1n) is 7.96. The largest absolute Gasteiger partial charge is 0.354 e. The van der Waals surface area contributed by atoms with Gasteiger partial charge in [0, 0.05) is 6.54 Å². The van der Waals surface area contributed by atoms with E-state index < -0.39 is 17.3 Å². The zero-order valence-electron chi connectivity index (χ0n) is 14.2. The van der Waals surface area contributed by atoms with Gasteiger partial charge in [0.15, 0.2) is 0 Å². The Kier molecular flexibility index (Phi) is 6.25. The number of nitrogens with zero attached hydrogens (tertiary/aromatic N) is 1. The fourth-order valence-corrected chi connectivity index (χ4v) is 2.95. The van der Waals surface area contributed by atoms with Gasteiger partial charge in [0.2, 0.25) is 5.91 Å². The fourth-order valence-electron chi connectivity index (χ4n) is 2.49. The van der Waals surface area contributed by atoms with Gasteiger partial charge in [-0.05, 0) is 36.5 Å². The number of H-pyrrole nitrogens is 1. The average molecular weight is 349 g/mol. The van der Waals surface area contributed by atoms with E-state index in [0.29, 0.717) is 35.5 Å². The maximum absolute atomic E-state index is 12.8. The van der Waals surface area contributed by atoms with Crippen molar-refractivity contribution in [3.63, 3.8) is 0 Å². The monoisotopic (exact) mass is 349 g/mol. The first-order chi connectivity index (χ1) is 11.5. The van der Waals surface area contributed by atoms with Crippen LogP contribution in [0, 0.1) is 5.92 Å². The number of aromatic amines is 1. The molecule has 130 valence electrons. The van der Waals surface area contributed by atoms with Crippen molar-refractivity contribution < 1.29 is 4.79 Å². The highest BCUT2D eigenvalue weighted by atomic mass is 32.2. The van der Waals surface area contributed by atoms with Crippen LogP contribution in [0.2, 0.25) is 0 Å². The van der Waals surface area contributed by atoms with Crippen LogP contribution in [0.25, 0.3) is 10.9 Å². The lowest BCUT2D eigenvalue weighted by Crippen LogP contribution is -2.45. The standard InChI is InChI=1S/C17H23N3O3S/c1-11(2)10-18-15(21)14(8-9-24-3)20-16(22)12-6-4-5-7-13(12)19-17(20)23/h4-7,11,14H,8-10H2,1-3H3,(H,18,21)(H,19,23). The highest BCUT2D eigenvalue weighted by Crippen LogP contribution is 2.13. The van der Waals surface area contributed by atoms with E-state index in [2.05, 4.69) is 10.3 Å². The first-order valence-corrected chi connectivity index (χ1v) is 9.35. The summed E-state index contributed by atoms with van der Waals surface area (Å²) in [4.78, 5) is 40.4. The zero-order chi connectivity index (χ0) is 17.7. The third kappa shape index (κ3) is 4.08. The Morgan fingerprint density at radius 1 is 1.29 bits per heavy atom. The van der Waals surface area contributed by atoms with Crippen LogP contribution in [0.1, 0.15) is 26.3 Å². The van der Waals surface area contributed by atoms with Crippen LogP contribution in [0.4, 0.5) is 0 Å². The van der Waals surface area contributed by atoms with Crippen LogP contribution in [0.5, 0.6) is 0 Å². The molecule has 0 aliphatic rings. The van der Waals surface area contributed by atoms with Gasteiger partial charge in [-0.2, -0.15) is 11.8 Å². The maximum Gasteiger partial charge on any atom is 0.329 e. The van der Waals surface area contributed by atoms with Crippen LogP contribution >= 0.6 is 11.8 Å². The number of carbonyl (C=O) groups is 1.